The van der Waals surface area contributed by atoms with Crippen molar-refractivity contribution in [3.8, 4) is 5.75 Å². The SMILES string of the molecule is CC[C@H]1CCCCN1C(=O)c1cn(Cc2cccc(OC)c2)cc(C(=O)NCCOC(C)C)c1=O. The molecule has 1 N–H and O–H groups in total. The molecule has 0 spiro atoms. The Kier molecular flexibility index (Phi) is 9.48. The van der Waals surface area contributed by atoms with Crippen LogP contribution in [0.1, 0.15) is 72.7 Å². The van der Waals surface area contributed by atoms with Gasteiger partial charge in [0.25, 0.3) is 11.8 Å². The highest BCUT2D eigenvalue weighted by Crippen LogP contribution is 2.21. The zero-order valence-electron chi connectivity index (χ0n) is 21.2. The van der Waals surface area contributed by atoms with Crippen molar-refractivity contribution in [1.29, 1.82) is 0 Å². The number of pyridine rings is 1. The first-order chi connectivity index (χ1) is 16.8. The summed E-state index contributed by atoms with van der Waals surface area (Å²) < 4.78 is 12.5. The Bertz CT molecular complexity index is 1080. The van der Waals surface area contributed by atoms with Crippen molar-refractivity contribution in [1.82, 2.24) is 14.8 Å². The van der Waals surface area contributed by atoms with Gasteiger partial charge in [-0.15, -0.1) is 0 Å². The smallest absolute Gasteiger partial charge is 0.259 e. The van der Waals surface area contributed by atoms with Crippen LogP contribution in [-0.4, -0.2) is 60.2 Å². The summed E-state index contributed by atoms with van der Waals surface area (Å²) in [5.74, 6) is -0.108. The number of methoxy groups -OCH3 is 1. The minimum atomic E-state index is -0.542. The number of nitrogens with one attached hydrogen (secondary N) is 1. The van der Waals surface area contributed by atoms with Gasteiger partial charge < -0.3 is 24.3 Å². The first-order valence-corrected chi connectivity index (χ1v) is 12.4. The highest BCUT2D eigenvalue weighted by Gasteiger charge is 2.29. The largest absolute Gasteiger partial charge is 0.497 e. The van der Waals surface area contributed by atoms with Crippen molar-refractivity contribution >= 4 is 11.8 Å². The van der Waals surface area contributed by atoms with Gasteiger partial charge in [-0.25, -0.2) is 0 Å². The number of rotatable bonds is 10. The van der Waals surface area contributed by atoms with E-state index in [-0.39, 0.29) is 35.7 Å². The van der Waals surface area contributed by atoms with Crippen LogP contribution in [0.5, 0.6) is 5.75 Å². The Morgan fingerprint density at radius 2 is 1.94 bits per heavy atom. The van der Waals surface area contributed by atoms with Gasteiger partial charge in [-0.2, -0.15) is 0 Å². The quantitative estimate of drug-likeness (QED) is 0.523. The number of carbonyl (C=O) groups excluding carboxylic acids is 2. The van der Waals surface area contributed by atoms with E-state index in [1.807, 2.05) is 38.1 Å². The molecule has 3 rings (SSSR count). The first-order valence-electron chi connectivity index (χ1n) is 12.4. The summed E-state index contributed by atoms with van der Waals surface area (Å²) in [5.41, 5.74) is 0.361. The number of hydrogen-bond donors (Lipinski definition) is 1. The lowest BCUT2D eigenvalue weighted by atomic mass is 9.98. The molecule has 1 aliphatic rings. The molecular formula is C27H37N3O5. The lowest BCUT2D eigenvalue weighted by Gasteiger charge is -2.35. The van der Waals surface area contributed by atoms with Gasteiger partial charge in [0.1, 0.15) is 16.9 Å². The third kappa shape index (κ3) is 6.94. The van der Waals surface area contributed by atoms with Crippen LogP contribution >= 0.6 is 0 Å². The average molecular weight is 484 g/mol. The van der Waals surface area contributed by atoms with Gasteiger partial charge in [-0.1, -0.05) is 19.1 Å². The maximum atomic E-state index is 13.5. The van der Waals surface area contributed by atoms with E-state index in [0.29, 0.717) is 25.4 Å². The van der Waals surface area contributed by atoms with Crippen molar-refractivity contribution < 1.29 is 19.1 Å². The highest BCUT2D eigenvalue weighted by molar-refractivity contribution is 5.99. The zero-order chi connectivity index (χ0) is 25.4. The fraction of sp³-hybridized carbons (Fsp3) is 0.519. The number of ether oxygens (including phenoxy) is 2. The normalized spacial score (nSPS) is 15.8. The van der Waals surface area contributed by atoms with Gasteiger partial charge in [0.05, 0.1) is 19.8 Å². The van der Waals surface area contributed by atoms with E-state index in [0.717, 1.165) is 31.2 Å². The second kappa shape index (κ2) is 12.5. The van der Waals surface area contributed by atoms with E-state index < -0.39 is 11.3 Å². The molecule has 0 saturated carbocycles. The Balaban J connectivity index is 1.95. The Morgan fingerprint density at radius 1 is 1.17 bits per heavy atom. The van der Waals surface area contributed by atoms with Crippen LogP contribution in [0.15, 0.2) is 41.5 Å². The Hall–Kier alpha value is -3.13. The van der Waals surface area contributed by atoms with E-state index in [9.17, 15) is 14.4 Å². The number of amides is 2. The second-order valence-corrected chi connectivity index (χ2v) is 9.17. The number of aromatic nitrogens is 1. The molecule has 0 unspecified atom stereocenters. The van der Waals surface area contributed by atoms with Crippen LogP contribution in [0.25, 0.3) is 0 Å². The molecule has 35 heavy (non-hydrogen) atoms. The average Bonchev–Trinajstić information content (AvgIpc) is 2.86. The molecule has 1 aromatic carbocycles. The number of nitrogens with zero attached hydrogens (tertiary/aromatic N) is 2. The standard InChI is InChI=1S/C27H37N3O5/c1-5-21-10-6-7-13-30(21)27(33)24-18-29(16-20-9-8-11-22(15-20)34-4)17-23(25(24)31)26(32)28-12-14-35-19(2)3/h8-9,11,15,17-19,21H,5-7,10,12-14,16H2,1-4H3,(H,28,32)/t21-/m0/s1. The number of benzene rings is 1. The monoisotopic (exact) mass is 483 g/mol. The van der Waals surface area contributed by atoms with Crippen molar-refractivity contribution in [2.75, 3.05) is 26.8 Å². The highest BCUT2D eigenvalue weighted by atomic mass is 16.5. The third-order valence-corrected chi connectivity index (χ3v) is 6.25. The molecule has 0 aliphatic carbocycles. The molecule has 8 heteroatoms. The molecular weight excluding hydrogens is 446 g/mol. The predicted octanol–water partition coefficient (Wildman–Crippen LogP) is 3.46. The molecule has 1 aliphatic heterocycles. The molecule has 8 nitrogen and oxygen atoms in total. The van der Waals surface area contributed by atoms with Crippen LogP contribution in [0.4, 0.5) is 0 Å². The molecule has 2 amide bonds. The minimum Gasteiger partial charge on any atom is -0.497 e. The van der Waals surface area contributed by atoms with Crippen LogP contribution < -0.4 is 15.5 Å². The van der Waals surface area contributed by atoms with Crippen LogP contribution in [0.3, 0.4) is 0 Å². The van der Waals surface area contributed by atoms with Gasteiger partial charge in [0, 0.05) is 38.1 Å². The van der Waals surface area contributed by atoms with Gasteiger partial charge in [0.2, 0.25) is 5.43 Å². The summed E-state index contributed by atoms with van der Waals surface area (Å²) in [6, 6.07) is 7.66. The summed E-state index contributed by atoms with van der Waals surface area (Å²) >= 11 is 0. The van der Waals surface area contributed by atoms with E-state index >= 15 is 0 Å². The number of hydrogen-bond acceptors (Lipinski definition) is 5. The number of likely N-dealkylation sites (tertiary alicyclic amines) is 1. The third-order valence-electron chi connectivity index (χ3n) is 6.25. The fourth-order valence-corrected chi connectivity index (χ4v) is 4.42. The van der Waals surface area contributed by atoms with Crippen molar-refractivity contribution in [2.24, 2.45) is 0 Å². The number of carbonyl (C=O) groups is 2. The number of piperidine rings is 1. The topological polar surface area (TPSA) is 89.9 Å². The molecule has 0 radical (unpaired) electrons. The van der Waals surface area contributed by atoms with Crippen molar-refractivity contribution in [2.45, 2.75) is 65.1 Å². The summed E-state index contributed by atoms with van der Waals surface area (Å²) in [7, 11) is 1.60. The summed E-state index contributed by atoms with van der Waals surface area (Å²) in [5, 5.41) is 2.75. The zero-order valence-corrected chi connectivity index (χ0v) is 21.2. The van der Waals surface area contributed by atoms with Crippen molar-refractivity contribution in [3.63, 3.8) is 0 Å². The lowest BCUT2D eigenvalue weighted by molar-refractivity contribution is 0.0605. The molecule has 1 atom stereocenters. The summed E-state index contributed by atoms with van der Waals surface area (Å²) in [6.07, 6.45) is 6.88. The maximum absolute atomic E-state index is 13.5. The Morgan fingerprint density at radius 3 is 2.66 bits per heavy atom. The van der Waals surface area contributed by atoms with Gasteiger partial charge >= 0.3 is 0 Å². The summed E-state index contributed by atoms with van der Waals surface area (Å²) in [4.78, 5) is 41.7. The van der Waals surface area contributed by atoms with E-state index in [1.54, 1.807) is 22.8 Å². The maximum Gasteiger partial charge on any atom is 0.259 e. The molecule has 1 saturated heterocycles. The van der Waals surface area contributed by atoms with E-state index in [4.69, 9.17) is 9.47 Å². The molecule has 0 bridgehead atoms. The van der Waals surface area contributed by atoms with Gasteiger partial charge in [-0.05, 0) is 57.2 Å². The van der Waals surface area contributed by atoms with Gasteiger partial charge in [-0.3, -0.25) is 14.4 Å². The van der Waals surface area contributed by atoms with Gasteiger partial charge in [0.15, 0.2) is 0 Å². The van der Waals surface area contributed by atoms with Crippen LogP contribution in [-0.2, 0) is 11.3 Å². The second-order valence-electron chi connectivity index (χ2n) is 9.17. The molecule has 2 heterocycles. The molecule has 2 aromatic rings. The van der Waals surface area contributed by atoms with E-state index in [1.165, 1.54) is 6.20 Å². The predicted molar refractivity (Wildman–Crippen MR) is 135 cm³/mol. The van der Waals surface area contributed by atoms with Crippen LogP contribution in [0.2, 0.25) is 0 Å². The van der Waals surface area contributed by atoms with Crippen molar-refractivity contribution in [3.05, 3.63) is 63.6 Å². The lowest BCUT2D eigenvalue weighted by Crippen LogP contribution is -2.45. The molecule has 190 valence electrons. The van der Waals surface area contributed by atoms with Crippen LogP contribution in [0, 0.1) is 0 Å². The molecule has 1 fully saturated rings. The van der Waals surface area contributed by atoms with E-state index in [2.05, 4.69) is 12.2 Å². The molecule has 1 aromatic heterocycles. The summed E-state index contributed by atoms with van der Waals surface area (Å²) in [6.45, 7) is 7.50. The Labute approximate surface area is 207 Å². The minimum absolute atomic E-state index is 0.0272. The fourth-order valence-electron chi connectivity index (χ4n) is 4.42. The first kappa shape index (κ1) is 26.5.